The van der Waals surface area contributed by atoms with Crippen LogP contribution in [0.2, 0.25) is 0 Å². The van der Waals surface area contributed by atoms with Gasteiger partial charge in [-0.15, -0.1) is 0 Å². The maximum Gasteiger partial charge on any atom is 0.303 e. The van der Waals surface area contributed by atoms with Gasteiger partial charge in [-0.05, 0) is 6.92 Å². The molecule has 16 heavy (non-hydrogen) atoms. The van der Waals surface area contributed by atoms with Crippen LogP contribution in [0.15, 0.2) is 0 Å². The molecular formula is C12H16O4. The minimum Gasteiger partial charge on any atom is -0.455 e. The van der Waals surface area contributed by atoms with E-state index in [0.29, 0.717) is 19.4 Å². The van der Waals surface area contributed by atoms with Crippen molar-refractivity contribution in [1.29, 1.82) is 0 Å². The van der Waals surface area contributed by atoms with E-state index in [-0.39, 0.29) is 23.1 Å². The van der Waals surface area contributed by atoms with Crippen LogP contribution in [0.25, 0.3) is 0 Å². The zero-order chi connectivity index (χ0) is 11.8. The van der Waals surface area contributed by atoms with Crippen molar-refractivity contribution >= 4 is 11.8 Å². The van der Waals surface area contributed by atoms with E-state index in [1.54, 1.807) is 0 Å². The van der Waals surface area contributed by atoms with E-state index in [2.05, 4.69) is 0 Å². The van der Waals surface area contributed by atoms with Crippen LogP contribution < -0.4 is 0 Å². The summed E-state index contributed by atoms with van der Waals surface area (Å²) in [6.45, 7) is 5.85. The van der Waals surface area contributed by atoms with Crippen molar-refractivity contribution < 1.29 is 19.1 Å². The zero-order valence-corrected chi connectivity index (χ0v) is 9.83. The molecule has 0 radical (unpaired) electrons. The topological polar surface area (TPSA) is 52.6 Å². The van der Waals surface area contributed by atoms with E-state index in [1.165, 1.54) is 6.92 Å². The second-order valence-electron chi connectivity index (χ2n) is 5.76. The number of esters is 1. The first-order valence-electron chi connectivity index (χ1n) is 5.71. The van der Waals surface area contributed by atoms with Crippen molar-refractivity contribution in [3.05, 3.63) is 0 Å². The Morgan fingerprint density at radius 1 is 1.50 bits per heavy atom. The quantitative estimate of drug-likeness (QED) is 0.625. The average Bonchev–Trinajstić information content (AvgIpc) is 2.27. The summed E-state index contributed by atoms with van der Waals surface area (Å²) in [6.07, 6.45) is 1.01. The first-order chi connectivity index (χ1) is 7.35. The molecule has 2 saturated carbocycles. The van der Waals surface area contributed by atoms with Crippen LogP contribution in [0.3, 0.4) is 0 Å². The smallest absolute Gasteiger partial charge is 0.303 e. The van der Waals surface area contributed by atoms with Gasteiger partial charge in [0.05, 0.1) is 6.61 Å². The van der Waals surface area contributed by atoms with E-state index in [0.717, 1.165) is 0 Å². The Morgan fingerprint density at radius 2 is 2.19 bits per heavy atom. The number of fused-ring (bicyclic) bond motifs is 2. The fourth-order valence-electron chi connectivity index (χ4n) is 3.99. The summed E-state index contributed by atoms with van der Waals surface area (Å²) in [6, 6.07) is 0. The lowest BCUT2D eigenvalue weighted by Crippen LogP contribution is -2.75. The zero-order valence-electron chi connectivity index (χ0n) is 9.83. The molecule has 3 aliphatic rings. The molecule has 1 aliphatic heterocycles. The van der Waals surface area contributed by atoms with Gasteiger partial charge in [0.2, 0.25) is 0 Å². The normalized spacial score (nSPS) is 53.4. The van der Waals surface area contributed by atoms with Crippen LogP contribution in [0.5, 0.6) is 0 Å². The molecule has 0 aromatic heterocycles. The number of hydrogen-bond donors (Lipinski definition) is 0. The first kappa shape index (κ1) is 10.3. The van der Waals surface area contributed by atoms with E-state index in [1.807, 2.05) is 13.8 Å². The Labute approximate surface area is 94.3 Å². The second-order valence-corrected chi connectivity index (χ2v) is 5.76. The number of carbonyl (C=O) groups excluding carboxylic acids is 2. The third-order valence-corrected chi connectivity index (χ3v) is 4.95. The standard InChI is InChI=1S/C12H16O4/c1-7(13)16-12-4-8-9(14)5-11(12,3)15-6-10(8,12)2/h8H,4-6H2,1-3H3/t8-,10+,11-,12+/m0/s1. The lowest BCUT2D eigenvalue weighted by atomic mass is 9.42. The molecule has 1 heterocycles. The molecule has 4 atom stereocenters. The molecule has 3 fully saturated rings. The SMILES string of the molecule is CC(=O)O[C@@]12C[C@H]3C(=O)C[C@]1(C)OC[C@]32C. The molecule has 0 spiro atoms. The van der Waals surface area contributed by atoms with Crippen molar-refractivity contribution in [1.82, 2.24) is 0 Å². The number of carbonyl (C=O) groups is 2. The highest BCUT2D eigenvalue weighted by molar-refractivity contribution is 5.88. The summed E-state index contributed by atoms with van der Waals surface area (Å²) in [7, 11) is 0. The van der Waals surface area contributed by atoms with Gasteiger partial charge in [0.15, 0.2) is 0 Å². The summed E-state index contributed by atoms with van der Waals surface area (Å²) >= 11 is 0. The van der Waals surface area contributed by atoms with Gasteiger partial charge in [-0.2, -0.15) is 0 Å². The summed E-state index contributed by atoms with van der Waals surface area (Å²) in [4.78, 5) is 23.2. The van der Waals surface area contributed by atoms with Gasteiger partial charge < -0.3 is 9.47 Å². The molecular weight excluding hydrogens is 208 g/mol. The van der Waals surface area contributed by atoms with Crippen LogP contribution in [-0.2, 0) is 19.1 Å². The van der Waals surface area contributed by atoms with Crippen LogP contribution in [0, 0.1) is 11.3 Å². The highest BCUT2D eigenvalue weighted by Gasteiger charge is 2.82. The summed E-state index contributed by atoms with van der Waals surface area (Å²) in [5.41, 5.74) is -1.48. The van der Waals surface area contributed by atoms with Gasteiger partial charge in [-0.3, -0.25) is 9.59 Å². The number of ether oxygens (including phenoxy) is 2. The minimum absolute atomic E-state index is 0.0161. The van der Waals surface area contributed by atoms with Crippen LogP contribution in [-0.4, -0.2) is 29.6 Å². The monoisotopic (exact) mass is 224 g/mol. The molecule has 0 aromatic carbocycles. The molecule has 0 aromatic rings. The highest BCUT2D eigenvalue weighted by atomic mass is 16.6. The number of ketones is 1. The van der Waals surface area contributed by atoms with Crippen molar-refractivity contribution in [3.63, 3.8) is 0 Å². The van der Waals surface area contributed by atoms with E-state index in [9.17, 15) is 9.59 Å². The molecule has 88 valence electrons. The van der Waals surface area contributed by atoms with E-state index < -0.39 is 11.2 Å². The third kappa shape index (κ3) is 0.796. The molecule has 0 amide bonds. The molecule has 4 heteroatoms. The highest BCUT2D eigenvalue weighted by Crippen LogP contribution is 2.71. The van der Waals surface area contributed by atoms with Crippen molar-refractivity contribution in [2.24, 2.45) is 11.3 Å². The molecule has 0 unspecified atom stereocenters. The van der Waals surface area contributed by atoms with Crippen LogP contribution in [0.1, 0.15) is 33.6 Å². The second kappa shape index (κ2) is 2.50. The Kier molecular flexibility index (Phi) is 1.61. The molecule has 0 N–H and O–H groups in total. The lowest BCUT2D eigenvalue weighted by Gasteiger charge is -2.63. The average molecular weight is 224 g/mol. The van der Waals surface area contributed by atoms with Gasteiger partial charge >= 0.3 is 5.97 Å². The molecule has 2 aliphatic carbocycles. The summed E-state index contributed by atoms with van der Waals surface area (Å²) in [5.74, 6) is -0.00491. The largest absolute Gasteiger partial charge is 0.455 e. The Bertz CT molecular complexity index is 392. The van der Waals surface area contributed by atoms with Gasteiger partial charge in [0.1, 0.15) is 17.0 Å². The molecule has 2 bridgehead atoms. The number of rotatable bonds is 1. The Balaban J connectivity index is 2.08. The minimum atomic E-state index is -0.612. The van der Waals surface area contributed by atoms with Gasteiger partial charge in [-0.25, -0.2) is 0 Å². The fourth-order valence-corrected chi connectivity index (χ4v) is 3.99. The van der Waals surface area contributed by atoms with Gasteiger partial charge in [-0.1, -0.05) is 6.92 Å². The van der Waals surface area contributed by atoms with E-state index >= 15 is 0 Å². The maximum atomic E-state index is 11.9. The molecule has 1 saturated heterocycles. The van der Waals surface area contributed by atoms with Crippen molar-refractivity contribution in [3.8, 4) is 0 Å². The van der Waals surface area contributed by atoms with E-state index in [4.69, 9.17) is 9.47 Å². The molecule has 4 nitrogen and oxygen atoms in total. The van der Waals surface area contributed by atoms with Crippen molar-refractivity contribution in [2.75, 3.05) is 6.61 Å². The Morgan fingerprint density at radius 3 is 2.75 bits per heavy atom. The van der Waals surface area contributed by atoms with Gasteiger partial charge in [0.25, 0.3) is 0 Å². The lowest BCUT2D eigenvalue weighted by molar-refractivity contribution is -0.254. The molecule has 3 rings (SSSR count). The number of hydrogen-bond acceptors (Lipinski definition) is 4. The van der Waals surface area contributed by atoms with Crippen molar-refractivity contribution in [2.45, 2.75) is 44.8 Å². The predicted molar refractivity (Wildman–Crippen MR) is 54.7 cm³/mol. The van der Waals surface area contributed by atoms with Crippen LogP contribution >= 0.6 is 0 Å². The maximum absolute atomic E-state index is 11.9. The number of Topliss-reactive ketones (excluding diaryl/α,β-unsaturated/α-hetero) is 1. The van der Waals surface area contributed by atoms with Gasteiger partial charge in [0, 0.05) is 31.1 Å². The predicted octanol–water partition coefficient (Wildman–Crippen LogP) is 1.08. The Hall–Kier alpha value is -0.900. The fraction of sp³-hybridized carbons (Fsp3) is 0.833. The first-order valence-corrected chi connectivity index (χ1v) is 5.71. The summed E-state index contributed by atoms with van der Waals surface area (Å²) in [5, 5.41) is 0. The third-order valence-electron chi connectivity index (χ3n) is 4.95. The summed E-state index contributed by atoms with van der Waals surface area (Å²) < 4.78 is 11.4. The van der Waals surface area contributed by atoms with Crippen LogP contribution in [0.4, 0.5) is 0 Å².